The van der Waals surface area contributed by atoms with E-state index in [1.807, 2.05) is 26.8 Å². The third kappa shape index (κ3) is 3.47. The first-order chi connectivity index (χ1) is 7.89. The lowest BCUT2D eigenvalue weighted by molar-refractivity contribution is 0.411. The minimum Gasteiger partial charge on any atom is -0.496 e. The number of nitrogens with one attached hydrogen (secondary N) is 1. The Hall–Kier alpha value is -1.53. The van der Waals surface area contributed by atoms with Crippen molar-refractivity contribution in [3.8, 4) is 11.8 Å². The lowest BCUT2D eigenvalue weighted by Gasteiger charge is -2.19. The maximum Gasteiger partial charge on any atom is 0.122 e. The summed E-state index contributed by atoms with van der Waals surface area (Å²) in [4.78, 5) is 0. The molecule has 1 N–H and O–H groups in total. The van der Waals surface area contributed by atoms with Gasteiger partial charge in [0.1, 0.15) is 11.3 Å². The van der Waals surface area contributed by atoms with Crippen LogP contribution < -0.4 is 10.1 Å². The number of benzene rings is 1. The third-order valence-corrected chi connectivity index (χ3v) is 2.85. The summed E-state index contributed by atoms with van der Waals surface area (Å²) in [5, 5.41) is 12.2. The Morgan fingerprint density at radius 1 is 1.29 bits per heavy atom. The van der Waals surface area contributed by atoms with Gasteiger partial charge in [-0.05, 0) is 50.5 Å². The molecule has 92 valence electrons. The molecule has 1 rings (SSSR count). The van der Waals surface area contributed by atoms with Gasteiger partial charge in [-0.1, -0.05) is 6.07 Å². The van der Waals surface area contributed by atoms with Crippen molar-refractivity contribution in [3.63, 3.8) is 0 Å². The van der Waals surface area contributed by atoms with Crippen molar-refractivity contribution in [1.29, 1.82) is 5.26 Å². The molecule has 1 aromatic carbocycles. The first-order valence-corrected chi connectivity index (χ1v) is 5.70. The minimum atomic E-state index is -0.500. The molecule has 0 aliphatic heterocycles. The first kappa shape index (κ1) is 13.5. The van der Waals surface area contributed by atoms with E-state index in [1.54, 1.807) is 7.11 Å². The SMILES string of the molecule is COc1cc(C)c(CNC(C)(C)C#N)cc1C. The average molecular weight is 232 g/mol. The molecule has 0 saturated carbocycles. The molecule has 0 radical (unpaired) electrons. The third-order valence-electron chi connectivity index (χ3n) is 2.85. The molecular weight excluding hydrogens is 212 g/mol. The van der Waals surface area contributed by atoms with E-state index in [0.29, 0.717) is 6.54 Å². The number of nitriles is 1. The van der Waals surface area contributed by atoms with Gasteiger partial charge in [0, 0.05) is 6.54 Å². The van der Waals surface area contributed by atoms with Gasteiger partial charge in [-0.2, -0.15) is 5.26 Å². The van der Waals surface area contributed by atoms with E-state index in [4.69, 9.17) is 10.00 Å². The fourth-order valence-electron chi connectivity index (χ4n) is 1.62. The van der Waals surface area contributed by atoms with Gasteiger partial charge in [-0.15, -0.1) is 0 Å². The van der Waals surface area contributed by atoms with Gasteiger partial charge >= 0.3 is 0 Å². The first-order valence-electron chi connectivity index (χ1n) is 5.70. The fraction of sp³-hybridized carbons (Fsp3) is 0.500. The zero-order valence-electron chi connectivity index (χ0n) is 11.2. The number of hydrogen-bond donors (Lipinski definition) is 1. The summed E-state index contributed by atoms with van der Waals surface area (Å²) in [5.74, 6) is 0.908. The van der Waals surface area contributed by atoms with Gasteiger partial charge in [-0.3, -0.25) is 5.32 Å². The van der Waals surface area contributed by atoms with Crippen LogP contribution in [0.5, 0.6) is 5.75 Å². The summed E-state index contributed by atoms with van der Waals surface area (Å²) >= 11 is 0. The summed E-state index contributed by atoms with van der Waals surface area (Å²) in [6.45, 7) is 8.52. The minimum absolute atomic E-state index is 0.500. The van der Waals surface area contributed by atoms with Crippen LogP contribution in [0.15, 0.2) is 12.1 Å². The van der Waals surface area contributed by atoms with E-state index in [1.165, 1.54) is 11.1 Å². The summed E-state index contributed by atoms with van der Waals surface area (Å²) in [6, 6.07) is 6.37. The molecule has 0 heterocycles. The van der Waals surface area contributed by atoms with Crippen molar-refractivity contribution in [2.45, 2.75) is 39.8 Å². The predicted molar refractivity (Wildman–Crippen MR) is 69.0 cm³/mol. The topological polar surface area (TPSA) is 45.0 Å². The zero-order valence-corrected chi connectivity index (χ0v) is 11.2. The second-order valence-corrected chi connectivity index (χ2v) is 4.84. The summed E-state index contributed by atoms with van der Waals surface area (Å²) in [5.41, 5.74) is 2.99. The van der Waals surface area contributed by atoms with Gasteiger partial charge in [0.05, 0.1) is 13.2 Å². The highest BCUT2D eigenvalue weighted by Gasteiger charge is 2.15. The molecule has 0 unspecified atom stereocenters. The molecule has 0 bridgehead atoms. The Kier molecular flexibility index (Phi) is 4.14. The van der Waals surface area contributed by atoms with Gasteiger partial charge in [-0.25, -0.2) is 0 Å². The van der Waals surface area contributed by atoms with E-state index in [-0.39, 0.29) is 0 Å². The van der Waals surface area contributed by atoms with Crippen molar-refractivity contribution >= 4 is 0 Å². The zero-order chi connectivity index (χ0) is 13.1. The average Bonchev–Trinajstić information content (AvgIpc) is 2.29. The molecule has 0 aliphatic rings. The monoisotopic (exact) mass is 232 g/mol. The molecule has 0 spiro atoms. The van der Waals surface area contributed by atoms with E-state index in [0.717, 1.165) is 11.3 Å². The Bertz CT molecular complexity index is 444. The molecule has 3 nitrogen and oxygen atoms in total. The van der Waals surface area contributed by atoms with Crippen LogP contribution in [-0.2, 0) is 6.54 Å². The maximum absolute atomic E-state index is 8.95. The Labute approximate surface area is 103 Å². The van der Waals surface area contributed by atoms with Crippen molar-refractivity contribution in [2.75, 3.05) is 7.11 Å². The van der Waals surface area contributed by atoms with Gasteiger partial charge in [0.25, 0.3) is 0 Å². The summed E-state index contributed by atoms with van der Waals surface area (Å²) < 4.78 is 5.27. The normalized spacial score (nSPS) is 11.1. The standard InChI is InChI=1S/C14H20N2O/c1-10-7-13(17-5)11(2)6-12(10)8-16-14(3,4)9-15/h6-7,16H,8H2,1-5H3. The van der Waals surface area contributed by atoms with Crippen LogP contribution >= 0.6 is 0 Å². The van der Waals surface area contributed by atoms with Gasteiger partial charge in [0.2, 0.25) is 0 Å². The number of nitrogens with zero attached hydrogens (tertiary/aromatic N) is 1. The molecule has 0 aliphatic carbocycles. The summed E-state index contributed by atoms with van der Waals surface area (Å²) in [6.07, 6.45) is 0. The Morgan fingerprint density at radius 2 is 1.94 bits per heavy atom. The maximum atomic E-state index is 8.95. The Morgan fingerprint density at radius 3 is 2.47 bits per heavy atom. The number of methoxy groups -OCH3 is 1. The number of aryl methyl sites for hydroxylation is 2. The highest BCUT2D eigenvalue weighted by atomic mass is 16.5. The van der Waals surface area contributed by atoms with Crippen molar-refractivity contribution in [1.82, 2.24) is 5.32 Å². The second-order valence-electron chi connectivity index (χ2n) is 4.84. The molecule has 0 amide bonds. The van der Waals surface area contributed by atoms with Crippen molar-refractivity contribution in [2.24, 2.45) is 0 Å². The molecular formula is C14H20N2O. The van der Waals surface area contributed by atoms with Crippen molar-refractivity contribution < 1.29 is 4.74 Å². The number of ether oxygens (including phenoxy) is 1. The van der Waals surface area contributed by atoms with Crippen LogP contribution in [0.1, 0.15) is 30.5 Å². The molecule has 17 heavy (non-hydrogen) atoms. The second kappa shape index (κ2) is 5.20. The quantitative estimate of drug-likeness (QED) is 0.868. The van der Waals surface area contributed by atoms with Crippen molar-refractivity contribution in [3.05, 3.63) is 28.8 Å². The van der Waals surface area contributed by atoms with Gasteiger partial charge < -0.3 is 4.74 Å². The van der Waals surface area contributed by atoms with E-state index < -0.39 is 5.54 Å². The molecule has 1 aromatic rings. The van der Waals surface area contributed by atoms with Crippen LogP contribution in [0.4, 0.5) is 0 Å². The van der Waals surface area contributed by atoms with Crippen LogP contribution in [0, 0.1) is 25.2 Å². The molecule has 0 saturated heterocycles. The molecule has 3 heteroatoms. The van der Waals surface area contributed by atoms with Crippen LogP contribution in [-0.4, -0.2) is 12.6 Å². The van der Waals surface area contributed by atoms with Crippen LogP contribution in [0.3, 0.4) is 0 Å². The van der Waals surface area contributed by atoms with Gasteiger partial charge in [0.15, 0.2) is 0 Å². The molecule has 0 aromatic heterocycles. The smallest absolute Gasteiger partial charge is 0.122 e. The molecule has 0 atom stereocenters. The molecule has 0 fully saturated rings. The predicted octanol–water partition coefficient (Wildman–Crippen LogP) is 2.70. The fourth-order valence-corrected chi connectivity index (χ4v) is 1.62. The van der Waals surface area contributed by atoms with E-state index >= 15 is 0 Å². The highest BCUT2D eigenvalue weighted by Crippen LogP contribution is 2.22. The lowest BCUT2D eigenvalue weighted by Crippen LogP contribution is -2.37. The lowest BCUT2D eigenvalue weighted by atomic mass is 10.0. The van der Waals surface area contributed by atoms with E-state index in [9.17, 15) is 0 Å². The number of rotatable bonds is 4. The largest absolute Gasteiger partial charge is 0.496 e. The van der Waals surface area contributed by atoms with Crippen LogP contribution in [0.25, 0.3) is 0 Å². The van der Waals surface area contributed by atoms with Crippen LogP contribution in [0.2, 0.25) is 0 Å². The Balaban J connectivity index is 2.87. The number of hydrogen-bond acceptors (Lipinski definition) is 3. The highest BCUT2D eigenvalue weighted by molar-refractivity contribution is 5.41. The summed E-state index contributed by atoms with van der Waals surface area (Å²) in [7, 11) is 1.68. The van der Waals surface area contributed by atoms with E-state index in [2.05, 4.69) is 24.4 Å².